The molecule has 1 aliphatic rings. The molecule has 1 fully saturated rings. The van der Waals surface area contributed by atoms with Gasteiger partial charge in [0.25, 0.3) is 0 Å². The maximum absolute atomic E-state index is 3.53. The molecule has 0 aromatic rings. The molecule has 0 heterocycles. The number of nitrogens with one attached hydrogen (secondary N) is 1. The molecule has 3 unspecified atom stereocenters. The molecule has 0 spiro atoms. The topological polar surface area (TPSA) is 15.3 Å². The lowest BCUT2D eigenvalue weighted by Crippen LogP contribution is -2.43. The summed E-state index contributed by atoms with van der Waals surface area (Å²) in [6.07, 6.45) is 4.12. The van der Waals surface area contributed by atoms with Crippen molar-refractivity contribution in [2.45, 2.75) is 51.3 Å². The maximum atomic E-state index is 3.53. The normalized spacial score (nSPS) is 29.8. The van der Waals surface area contributed by atoms with Crippen molar-refractivity contribution < 1.29 is 0 Å². The molecule has 0 amide bonds. The van der Waals surface area contributed by atoms with E-state index >= 15 is 0 Å². The predicted molar refractivity (Wildman–Crippen MR) is 84.4 cm³/mol. The summed E-state index contributed by atoms with van der Waals surface area (Å²) in [5, 5.41) is 4.33. The van der Waals surface area contributed by atoms with Gasteiger partial charge in [-0.05, 0) is 51.7 Å². The molecule has 0 aliphatic heterocycles. The minimum atomic E-state index is 0.471. The van der Waals surface area contributed by atoms with E-state index in [4.69, 9.17) is 0 Å². The molecule has 1 rings (SSSR count). The number of hydrogen-bond donors (Lipinski definition) is 1. The fraction of sp³-hybridized carbons (Fsp3) is 1.00. The van der Waals surface area contributed by atoms with Crippen LogP contribution in [0.25, 0.3) is 0 Å². The van der Waals surface area contributed by atoms with Crippen LogP contribution in [0.4, 0.5) is 0 Å². The number of hydrogen-bond acceptors (Lipinski definition) is 3. The van der Waals surface area contributed by atoms with Gasteiger partial charge < -0.3 is 10.2 Å². The second-order valence-electron chi connectivity index (χ2n) is 6.98. The van der Waals surface area contributed by atoms with E-state index in [9.17, 15) is 0 Å². The van der Waals surface area contributed by atoms with E-state index in [1.54, 1.807) is 0 Å². The molecule has 108 valence electrons. The molecule has 1 saturated carbocycles. The second-order valence-corrected chi connectivity index (χ2v) is 8.33. The SMILES string of the molecule is CNC1CCC(C(C)(C)C)CC1SCCN(C)C. The summed E-state index contributed by atoms with van der Waals surface area (Å²) in [4.78, 5) is 2.28. The lowest BCUT2D eigenvalue weighted by atomic mass is 9.71. The van der Waals surface area contributed by atoms with Gasteiger partial charge in [-0.3, -0.25) is 0 Å². The van der Waals surface area contributed by atoms with E-state index in [2.05, 4.69) is 63.9 Å². The van der Waals surface area contributed by atoms with E-state index in [-0.39, 0.29) is 0 Å². The lowest BCUT2D eigenvalue weighted by molar-refractivity contribution is 0.167. The van der Waals surface area contributed by atoms with E-state index in [0.29, 0.717) is 5.41 Å². The van der Waals surface area contributed by atoms with E-state index in [1.165, 1.54) is 31.6 Å². The highest BCUT2D eigenvalue weighted by molar-refractivity contribution is 8.00. The zero-order valence-electron chi connectivity index (χ0n) is 13.1. The Balaban J connectivity index is 2.49. The van der Waals surface area contributed by atoms with Crippen LogP contribution in [-0.4, -0.2) is 49.6 Å². The fourth-order valence-electron chi connectivity index (χ4n) is 2.82. The molecule has 0 saturated heterocycles. The van der Waals surface area contributed by atoms with Crippen molar-refractivity contribution in [3.8, 4) is 0 Å². The summed E-state index contributed by atoms with van der Waals surface area (Å²) in [7, 11) is 6.45. The molecule has 3 heteroatoms. The van der Waals surface area contributed by atoms with Crippen molar-refractivity contribution in [2.24, 2.45) is 11.3 Å². The Labute approximate surface area is 118 Å². The van der Waals surface area contributed by atoms with Crippen LogP contribution >= 0.6 is 11.8 Å². The van der Waals surface area contributed by atoms with Crippen LogP contribution in [-0.2, 0) is 0 Å². The van der Waals surface area contributed by atoms with Crippen molar-refractivity contribution in [1.29, 1.82) is 0 Å². The minimum absolute atomic E-state index is 0.471. The van der Waals surface area contributed by atoms with Gasteiger partial charge in [0, 0.05) is 23.6 Å². The van der Waals surface area contributed by atoms with Gasteiger partial charge in [-0.15, -0.1) is 0 Å². The van der Waals surface area contributed by atoms with Crippen molar-refractivity contribution in [2.75, 3.05) is 33.4 Å². The number of thioether (sulfide) groups is 1. The van der Waals surface area contributed by atoms with Crippen LogP contribution in [0.2, 0.25) is 0 Å². The Morgan fingerprint density at radius 2 is 1.89 bits per heavy atom. The van der Waals surface area contributed by atoms with Gasteiger partial charge in [0.15, 0.2) is 0 Å². The largest absolute Gasteiger partial charge is 0.316 e. The quantitative estimate of drug-likeness (QED) is 0.828. The zero-order valence-corrected chi connectivity index (χ0v) is 13.9. The van der Waals surface area contributed by atoms with Gasteiger partial charge in [-0.25, -0.2) is 0 Å². The molecule has 3 atom stereocenters. The fourth-order valence-corrected chi connectivity index (χ4v) is 4.46. The summed E-state index contributed by atoms with van der Waals surface area (Å²) in [5.41, 5.74) is 0.471. The molecule has 0 radical (unpaired) electrons. The molecule has 0 aromatic heterocycles. The Morgan fingerprint density at radius 1 is 1.22 bits per heavy atom. The average Bonchev–Trinajstić information content (AvgIpc) is 2.27. The zero-order chi connectivity index (χ0) is 13.8. The van der Waals surface area contributed by atoms with Crippen LogP contribution in [0, 0.1) is 11.3 Å². The summed E-state index contributed by atoms with van der Waals surface area (Å²) in [6, 6.07) is 0.718. The molecule has 0 bridgehead atoms. The summed E-state index contributed by atoms with van der Waals surface area (Å²) < 4.78 is 0. The molecule has 1 aliphatic carbocycles. The van der Waals surface area contributed by atoms with Crippen molar-refractivity contribution in [3.63, 3.8) is 0 Å². The maximum Gasteiger partial charge on any atom is 0.0204 e. The second kappa shape index (κ2) is 7.16. The molecule has 18 heavy (non-hydrogen) atoms. The van der Waals surface area contributed by atoms with Crippen LogP contribution < -0.4 is 5.32 Å². The molecule has 0 aromatic carbocycles. The first-order valence-corrected chi connectivity index (χ1v) is 8.33. The first kappa shape index (κ1) is 16.3. The first-order valence-electron chi connectivity index (χ1n) is 7.28. The molecular formula is C15H32N2S. The Bertz CT molecular complexity index is 235. The lowest BCUT2D eigenvalue weighted by Gasteiger charge is -2.41. The summed E-state index contributed by atoms with van der Waals surface area (Å²) >= 11 is 2.17. The third-order valence-electron chi connectivity index (χ3n) is 4.26. The van der Waals surface area contributed by atoms with Gasteiger partial charge in [0.2, 0.25) is 0 Å². The van der Waals surface area contributed by atoms with E-state index in [1.807, 2.05) is 0 Å². The standard InChI is InChI=1S/C15H32N2S/c1-15(2,3)12-7-8-13(16-4)14(11-12)18-10-9-17(5)6/h12-14,16H,7-11H2,1-6H3. The Kier molecular flexibility index (Phi) is 6.49. The predicted octanol–water partition coefficient (Wildman–Crippen LogP) is 3.08. The minimum Gasteiger partial charge on any atom is -0.316 e. The summed E-state index contributed by atoms with van der Waals surface area (Å²) in [5.74, 6) is 2.14. The molecule has 1 N–H and O–H groups in total. The van der Waals surface area contributed by atoms with Crippen molar-refractivity contribution >= 4 is 11.8 Å². The van der Waals surface area contributed by atoms with Gasteiger partial charge in [-0.2, -0.15) is 11.8 Å². The van der Waals surface area contributed by atoms with Gasteiger partial charge >= 0.3 is 0 Å². The van der Waals surface area contributed by atoms with Crippen LogP contribution in [0.15, 0.2) is 0 Å². The van der Waals surface area contributed by atoms with Crippen LogP contribution in [0.1, 0.15) is 40.0 Å². The molecular weight excluding hydrogens is 240 g/mol. The average molecular weight is 273 g/mol. The van der Waals surface area contributed by atoms with Gasteiger partial charge in [-0.1, -0.05) is 20.8 Å². The highest BCUT2D eigenvalue weighted by Crippen LogP contribution is 2.41. The van der Waals surface area contributed by atoms with Gasteiger partial charge in [0.1, 0.15) is 0 Å². The Morgan fingerprint density at radius 3 is 2.39 bits per heavy atom. The third-order valence-corrected chi connectivity index (χ3v) is 5.63. The van der Waals surface area contributed by atoms with Crippen molar-refractivity contribution in [1.82, 2.24) is 10.2 Å². The van der Waals surface area contributed by atoms with E-state index in [0.717, 1.165) is 17.2 Å². The number of rotatable bonds is 5. The summed E-state index contributed by atoms with van der Waals surface area (Å²) in [6.45, 7) is 8.40. The van der Waals surface area contributed by atoms with Crippen LogP contribution in [0.3, 0.4) is 0 Å². The third kappa shape index (κ3) is 5.10. The highest BCUT2D eigenvalue weighted by atomic mass is 32.2. The van der Waals surface area contributed by atoms with Crippen LogP contribution in [0.5, 0.6) is 0 Å². The van der Waals surface area contributed by atoms with Gasteiger partial charge in [0.05, 0.1) is 0 Å². The number of nitrogens with zero attached hydrogens (tertiary/aromatic N) is 1. The monoisotopic (exact) mass is 272 g/mol. The Hall–Kier alpha value is 0.270. The van der Waals surface area contributed by atoms with E-state index < -0.39 is 0 Å². The smallest absolute Gasteiger partial charge is 0.0204 e. The molecule has 2 nitrogen and oxygen atoms in total. The first-order chi connectivity index (χ1) is 8.34. The highest BCUT2D eigenvalue weighted by Gasteiger charge is 2.35. The van der Waals surface area contributed by atoms with Crippen molar-refractivity contribution in [3.05, 3.63) is 0 Å².